The van der Waals surface area contributed by atoms with E-state index in [-0.39, 0.29) is 24.3 Å². The Hall–Kier alpha value is -2.37. The molecule has 6 heteroatoms. The SMILES string of the molecule is Cc1cccc(C(=O)N(C)CC(=O)N2CCC(C(=O)O)CC2)c1. The Labute approximate surface area is 135 Å². The number of carbonyl (C=O) groups excluding carboxylic acids is 2. The van der Waals surface area contributed by atoms with E-state index in [0.29, 0.717) is 31.5 Å². The van der Waals surface area contributed by atoms with E-state index >= 15 is 0 Å². The summed E-state index contributed by atoms with van der Waals surface area (Å²) >= 11 is 0. The number of likely N-dealkylation sites (tertiary alicyclic amines) is 1. The lowest BCUT2D eigenvalue weighted by Crippen LogP contribution is -2.45. The molecule has 0 saturated carbocycles. The standard InChI is InChI=1S/C17H22N2O4/c1-12-4-3-5-14(10-12)16(21)18(2)11-15(20)19-8-6-13(7-9-19)17(22)23/h3-5,10,13H,6-9,11H2,1-2H3,(H,22,23). The molecule has 1 heterocycles. The van der Waals surface area contributed by atoms with Crippen LogP contribution >= 0.6 is 0 Å². The van der Waals surface area contributed by atoms with Crippen molar-refractivity contribution in [1.82, 2.24) is 9.80 Å². The smallest absolute Gasteiger partial charge is 0.306 e. The second-order valence-electron chi connectivity index (χ2n) is 6.02. The molecule has 23 heavy (non-hydrogen) atoms. The summed E-state index contributed by atoms with van der Waals surface area (Å²) in [6, 6.07) is 7.25. The lowest BCUT2D eigenvalue weighted by atomic mass is 9.97. The van der Waals surface area contributed by atoms with Crippen molar-refractivity contribution in [3.63, 3.8) is 0 Å². The lowest BCUT2D eigenvalue weighted by Gasteiger charge is -2.31. The van der Waals surface area contributed by atoms with Crippen LogP contribution in [0.5, 0.6) is 0 Å². The van der Waals surface area contributed by atoms with Gasteiger partial charge in [-0.15, -0.1) is 0 Å². The summed E-state index contributed by atoms with van der Waals surface area (Å²) in [5, 5.41) is 8.97. The molecular formula is C17H22N2O4. The van der Waals surface area contributed by atoms with Gasteiger partial charge in [0.25, 0.3) is 5.91 Å². The van der Waals surface area contributed by atoms with Gasteiger partial charge in [-0.05, 0) is 31.9 Å². The summed E-state index contributed by atoms with van der Waals surface area (Å²) in [4.78, 5) is 38.6. The molecule has 1 aromatic rings. The monoisotopic (exact) mass is 318 g/mol. The molecule has 0 atom stereocenters. The third-order valence-electron chi connectivity index (χ3n) is 4.18. The molecule has 1 aliphatic heterocycles. The van der Waals surface area contributed by atoms with Crippen LogP contribution < -0.4 is 0 Å². The van der Waals surface area contributed by atoms with Crippen molar-refractivity contribution in [3.05, 3.63) is 35.4 Å². The Kier molecular flexibility index (Phi) is 5.36. The van der Waals surface area contributed by atoms with Gasteiger partial charge in [-0.2, -0.15) is 0 Å². The van der Waals surface area contributed by atoms with Gasteiger partial charge in [0.15, 0.2) is 0 Å². The highest BCUT2D eigenvalue weighted by atomic mass is 16.4. The number of nitrogens with zero attached hydrogens (tertiary/aromatic N) is 2. The minimum absolute atomic E-state index is 0.00448. The van der Waals surface area contributed by atoms with Crippen LogP contribution in [-0.2, 0) is 9.59 Å². The van der Waals surface area contributed by atoms with E-state index in [2.05, 4.69) is 0 Å². The summed E-state index contributed by atoms with van der Waals surface area (Å²) in [7, 11) is 1.60. The fourth-order valence-corrected chi connectivity index (χ4v) is 2.75. The maximum atomic E-state index is 12.3. The van der Waals surface area contributed by atoms with Crippen LogP contribution in [0.1, 0.15) is 28.8 Å². The molecule has 1 saturated heterocycles. The van der Waals surface area contributed by atoms with E-state index in [1.165, 1.54) is 4.90 Å². The zero-order valence-electron chi connectivity index (χ0n) is 13.5. The van der Waals surface area contributed by atoms with Crippen LogP contribution in [0.3, 0.4) is 0 Å². The number of carboxylic acid groups (broad SMARTS) is 1. The molecule has 1 N–H and O–H groups in total. The van der Waals surface area contributed by atoms with Crippen LogP contribution in [0.25, 0.3) is 0 Å². The Morgan fingerprint density at radius 2 is 1.91 bits per heavy atom. The van der Waals surface area contributed by atoms with Crippen LogP contribution in [0, 0.1) is 12.8 Å². The first-order valence-corrected chi connectivity index (χ1v) is 7.71. The molecule has 1 aliphatic rings. The maximum Gasteiger partial charge on any atom is 0.306 e. The zero-order valence-corrected chi connectivity index (χ0v) is 13.5. The zero-order chi connectivity index (χ0) is 17.0. The number of aryl methyl sites for hydroxylation is 1. The number of piperidine rings is 1. The number of carbonyl (C=O) groups is 3. The number of benzene rings is 1. The van der Waals surface area contributed by atoms with E-state index in [1.807, 2.05) is 19.1 Å². The number of carboxylic acids is 1. The van der Waals surface area contributed by atoms with Crippen LogP contribution in [0.2, 0.25) is 0 Å². The Bertz CT molecular complexity index is 606. The normalized spacial score (nSPS) is 15.3. The number of hydrogen-bond donors (Lipinski definition) is 1. The maximum absolute atomic E-state index is 12.3. The second kappa shape index (κ2) is 7.26. The Morgan fingerprint density at radius 3 is 2.48 bits per heavy atom. The third kappa shape index (κ3) is 4.31. The van der Waals surface area contributed by atoms with Crippen LogP contribution in [0.15, 0.2) is 24.3 Å². The Balaban J connectivity index is 1.90. The molecule has 0 aromatic heterocycles. The molecule has 0 spiro atoms. The van der Waals surface area contributed by atoms with E-state index in [9.17, 15) is 14.4 Å². The highest BCUT2D eigenvalue weighted by molar-refractivity contribution is 5.96. The van der Waals surface area contributed by atoms with Gasteiger partial charge in [-0.25, -0.2) is 0 Å². The van der Waals surface area contributed by atoms with E-state index in [0.717, 1.165) is 5.56 Å². The van der Waals surface area contributed by atoms with Gasteiger partial charge in [-0.1, -0.05) is 17.7 Å². The number of aliphatic carboxylic acids is 1. The third-order valence-corrected chi connectivity index (χ3v) is 4.18. The summed E-state index contributed by atoms with van der Waals surface area (Å²) in [6.07, 6.45) is 0.938. The molecular weight excluding hydrogens is 296 g/mol. The molecule has 0 radical (unpaired) electrons. The average Bonchev–Trinajstić information content (AvgIpc) is 2.54. The minimum atomic E-state index is -0.802. The first-order valence-electron chi connectivity index (χ1n) is 7.71. The van der Waals surface area contributed by atoms with Gasteiger partial charge in [0.1, 0.15) is 0 Å². The van der Waals surface area contributed by atoms with Gasteiger partial charge >= 0.3 is 5.97 Å². The highest BCUT2D eigenvalue weighted by Gasteiger charge is 2.28. The molecule has 1 aromatic carbocycles. The first-order chi connectivity index (χ1) is 10.9. The topological polar surface area (TPSA) is 77.9 Å². The van der Waals surface area contributed by atoms with Gasteiger partial charge in [0.2, 0.25) is 5.91 Å². The lowest BCUT2D eigenvalue weighted by molar-refractivity contribution is -0.145. The van der Waals surface area contributed by atoms with Crippen molar-refractivity contribution in [3.8, 4) is 0 Å². The number of rotatable bonds is 4. The summed E-state index contributed by atoms with van der Waals surface area (Å²) in [5.41, 5.74) is 1.55. The van der Waals surface area contributed by atoms with E-state index < -0.39 is 5.97 Å². The van der Waals surface area contributed by atoms with Crippen molar-refractivity contribution in [2.75, 3.05) is 26.7 Å². The van der Waals surface area contributed by atoms with E-state index in [1.54, 1.807) is 24.1 Å². The molecule has 1 fully saturated rings. The molecule has 0 bridgehead atoms. The highest BCUT2D eigenvalue weighted by Crippen LogP contribution is 2.17. The summed E-state index contributed by atoms with van der Waals surface area (Å²) in [5.74, 6) is -1.51. The number of amides is 2. The van der Waals surface area contributed by atoms with Crippen molar-refractivity contribution in [1.29, 1.82) is 0 Å². The Morgan fingerprint density at radius 1 is 1.26 bits per heavy atom. The predicted octanol–water partition coefficient (Wildman–Crippen LogP) is 1.39. The van der Waals surface area contributed by atoms with Gasteiger partial charge in [-0.3, -0.25) is 14.4 Å². The quantitative estimate of drug-likeness (QED) is 0.910. The van der Waals surface area contributed by atoms with Gasteiger partial charge < -0.3 is 14.9 Å². The van der Waals surface area contributed by atoms with Gasteiger partial charge in [0.05, 0.1) is 12.5 Å². The predicted molar refractivity (Wildman–Crippen MR) is 85.1 cm³/mol. The molecule has 2 rings (SSSR count). The summed E-state index contributed by atoms with van der Waals surface area (Å²) < 4.78 is 0. The molecule has 0 aliphatic carbocycles. The molecule has 124 valence electrons. The average molecular weight is 318 g/mol. The second-order valence-corrected chi connectivity index (χ2v) is 6.02. The largest absolute Gasteiger partial charge is 0.481 e. The van der Waals surface area contributed by atoms with Crippen molar-refractivity contribution >= 4 is 17.8 Å². The van der Waals surface area contributed by atoms with Crippen LogP contribution in [0.4, 0.5) is 0 Å². The molecule has 2 amide bonds. The van der Waals surface area contributed by atoms with E-state index in [4.69, 9.17) is 5.11 Å². The van der Waals surface area contributed by atoms with Crippen molar-refractivity contribution < 1.29 is 19.5 Å². The fraction of sp³-hybridized carbons (Fsp3) is 0.471. The first kappa shape index (κ1) is 17.0. The number of likely N-dealkylation sites (N-methyl/N-ethyl adjacent to an activating group) is 1. The van der Waals surface area contributed by atoms with Crippen molar-refractivity contribution in [2.45, 2.75) is 19.8 Å². The molecule has 6 nitrogen and oxygen atoms in total. The van der Waals surface area contributed by atoms with Crippen molar-refractivity contribution in [2.24, 2.45) is 5.92 Å². The van der Waals surface area contributed by atoms with Crippen LogP contribution in [-0.4, -0.2) is 59.4 Å². The number of hydrogen-bond acceptors (Lipinski definition) is 3. The fourth-order valence-electron chi connectivity index (χ4n) is 2.75. The molecule has 0 unspecified atom stereocenters. The minimum Gasteiger partial charge on any atom is -0.481 e. The summed E-state index contributed by atoms with van der Waals surface area (Å²) in [6.45, 7) is 2.78. The van der Waals surface area contributed by atoms with Gasteiger partial charge in [0, 0.05) is 25.7 Å².